The molecule has 12 nitrogen and oxygen atoms in total. The second kappa shape index (κ2) is 39.5. The first-order chi connectivity index (χ1) is 53.0. The zero-order chi connectivity index (χ0) is 90.1. The van der Waals surface area contributed by atoms with Crippen molar-refractivity contribution in [1.29, 1.82) is 0 Å². The molecule has 0 saturated heterocycles. The molecule has 117 heavy (non-hydrogen) atoms. The van der Waals surface area contributed by atoms with Gasteiger partial charge in [-0.25, -0.2) is 18.1 Å². The number of nitrogens with two attached hydrogens (primary N) is 1. The quantitative estimate of drug-likeness (QED) is 0.0222. The van der Waals surface area contributed by atoms with Crippen molar-refractivity contribution in [2.24, 2.45) is 5.73 Å². The van der Waals surface area contributed by atoms with Crippen molar-refractivity contribution >= 4 is 147 Å². The lowest BCUT2D eigenvalue weighted by molar-refractivity contribution is -0.349. The van der Waals surface area contributed by atoms with Crippen LogP contribution in [-0.4, -0.2) is 148 Å². The minimum absolute atomic E-state index is 0.0354. The number of carbonyl (C=O) groups is 6. The highest BCUT2D eigenvalue weighted by Crippen LogP contribution is 2.57. The minimum Gasteiger partial charge on any atom is -0.349 e. The van der Waals surface area contributed by atoms with Crippen LogP contribution in [0.4, 0.5) is 109 Å². The van der Waals surface area contributed by atoms with Crippen molar-refractivity contribution in [3.63, 3.8) is 0 Å². The molecule has 6 N–H and O–H groups in total. The molecule has 3 unspecified atom stereocenters. The minimum atomic E-state index is -6.28. The third-order valence-corrected chi connectivity index (χ3v) is 32.3. The summed E-state index contributed by atoms with van der Waals surface area (Å²) in [7, 11) is -3.39. The van der Waals surface area contributed by atoms with Crippen LogP contribution >= 0.6 is 70.1 Å². The lowest BCUT2D eigenvalue weighted by atomic mass is 9.92. The maximum absolute atomic E-state index is 14.4. The van der Waals surface area contributed by atoms with Crippen LogP contribution in [0.3, 0.4) is 0 Å². The molecule has 7 rings (SSSR count). The van der Waals surface area contributed by atoms with Crippen molar-refractivity contribution < 1.29 is 121 Å². The van der Waals surface area contributed by atoms with Gasteiger partial charge in [0, 0.05) is 63.4 Å². The van der Waals surface area contributed by atoms with Gasteiger partial charge in [0.2, 0.25) is 0 Å². The summed E-state index contributed by atoms with van der Waals surface area (Å²) in [4.78, 5) is 77.7. The summed E-state index contributed by atoms with van der Waals surface area (Å²) in [6.07, 6.45) is -37.6. The van der Waals surface area contributed by atoms with Crippen molar-refractivity contribution in [3.8, 4) is 0 Å². The van der Waals surface area contributed by atoms with Crippen LogP contribution in [0.15, 0.2) is 109 Å². The average Bonchev–Trinajstić information content (AvgIpc) is 1.68. The molecule has 6 aromatic rings. The van der Waals surface area contributed by atoms with E-state index >= 15 is 0 Å². The van der Waals surface area contributed by atoms with E-state index in [1.807, 2.05) is 11.8 Å². The maximum Gasteiger partial charge on any atom is 0.435 e. The van der Waals surface area contributed by atoms with Gasteiger partial charge in [-0.15, -0.1) is 0 Å². The molecule has 0 aromatic heterocycles. The van der Waals surface area contributed by atoms with Gasteiger partial charge in [-0.3, -0.25) is 28.8 Å². The van der Waals surface area contributed by atoms with E-state index < -0.39 is 130 Å². The molecule has 0 fully saturated rings. The van der Waals surface area contributed by atoms with E-state index in [2.05, 4.69) is 87.1 Å². The number of carbonyl (C=O) groups excluding carboxylic acids is 6. The van der Waals surface area contributed by atoms with Crippen LogP contribution in [0.5, 0.6) is 0 Å². The van der Waals surface area contributed by atoms with Crippen LogP contribution in [-0.2, 0) is 17.0 Å². The van der Waals surface area contributed by atoms with Gasteiger partial charge in [0.15, 0.2) is 0 Å². The van der Waals surface area contributed by atoms with E-state index in [4.69, 9.17) is 40.5 Å². The number of anilines is 3. The number of alkyl halides is 21. The molecule has 3 atom stereocenters. The summed E-state index contributed by atoms with van der Waals surface area (Å²) in [5.74, 6) is -2.42. The maximum atomic E-state index is 14.4. The number of benzene rings is 6. The fourth-order valence-corrected chi connectivity index (χ4v) is 21.4. The Labute approximate surface area is 692 Å². The molecule has 1 aliphatic rings. The number of aryl methyl sites for hydroxylation is 3. The van der Waals surface area contributed by atoms with Gasteiger partial charge in [-0.2, -0.15) is 114 Å². The number of thioether (sulfide) groups is 3. The van der Waals surface area contributed by atoms with Crippen LogP contribution in [0.2, 0.25) is 74.0 Å². The van der Waals surface area contributed by atoms with Gasteiger partial charge in [-0.05, 0) is 129 Å². The fourth-order valence-electron chi connectivity index (χ4n) is 10.7. The second-order valence-electron chi connectivity index (χ2n) is 30.8. The third-order valence-electron chi connectivity index (χ3n) is 16.2. The number of hydrogen-bond acceptors (Lipinski definition) is 10. The Morgan fingerprint density at radius 3 is 1.07 bits per heavy atom. The SMILES string of the molecule is CC(N)CSC[Si](C)(C)C.Cc1cc(C(F)(C(F)(F)F)C(F)(F)F)ccc1N1C(=O)c2cccc(Cl)c2C1=O.Cc1cc(C(F)(C(F)(F)F)C(F)(F)F)ccc1NC(=O)c1c(Cl)cccc1C(=O)NC(C)CSC[Si](C)(C)C.Cc1cc(C(F)(C(F)(F)F)C(F)(F)F)ccc1NC(=O)c1cccc(Cl)c1C(=O)NC(C)CSC[Si](C)(C)C. The zero-order valence-corrected chi connectivity index (χ0v) is 72.9. The van der Waals surface area contributed by atoms with Gasteiger partial charge in [0.1, 0.15) is 0 Å². The van der Waals surface area contributed by atoms with E-state index in [-0.39, 0.29) is 100 Å². The summed E-state index contributed by atoms with van der Waals surface area (Å²) in [6, 6.07) is 16.1. The summed E-state index contributed by atoms with van der Waals surface area (Å²) in [6.45, 7) is 29.4. The highest BCUT2D eigenvalue weighted by Gasteiger charge is 2.76. The van der Waals surface area contributed by atoms with Crippen LogP contribution in [0.1, 0.15) is 116 Å². The van der Waals surface area contributed by atoms with Gasteiger partial charge in [0.05, 0.1) is 78.4 Å². The first kappa shape index (κ1) is 103. The topological polar surface area (TPSA) is 180 Å². The fraction of sp³-hybridized carbons (Fsp3) is 0.440. The highest BCUT2D eigenvalue weighted by molar-refractivity contribution is 8.01. The second-order valence-corrected chi connectivity index (χ2v) is 53.1. The number of imide groups is 1. The molecular weight excluding hydrogens is 1770 g/mol. The first-order valence-electron chi connectivity index (χ1n) is 34.8. The molecule has 0 aliphatic carbocycles. The Kier molecular flexibility index (Phi) is 34.7. The van der Waals surface area contributed by atoms with Gasteiger partial charge in [0.25, 0.3) is 35.4 Å². The van der Waals surface area contributed by atoms with E-state index in [9.17, 15) is 121 Å². The van der Waals surface area contributed by atoms with Gasteiger partial charge < -0.3 is 27.0 Å². The largest absolute Gasteiger partial charge is 0.435 e. The van der Waals surface area contributed by atoms with E-state index in [0.717, 1.165) is 49.4 Å². The number of nitrogens with zero attached hydrogens (tertiary/aromatic N) is 1. The zero-order valence-electron chi connectivity index (χ0n) is 65.1. The standard InChI is InChI=1S/2C25H28ClF7N2O2SSi.C18H9ClF7NO2.C7H19NSSi/c1-14-11-16(23(27,24(28,29)30)25(31,32)33)9-10-19(14)35-21(36)17-7-6-8-18(26)20(17)22(37)34-15(2)12-38-13-39(3,4)5;1-14-11-16(23(27,24(28,29)30)25(31,32)33)9-10-19(14)35-22(37)20-17(7-6-8-18(20)26)21(36)34-15(2)12-38-13-39(3,4)5;1-8-7-9(16(20,17(21,22)23)18(24,25)26)5-6-12(8)27-14(28)10-3-2-4-11(19)13(10)15(27)29;1-7(8)5-9-6-10(2,3)4/h6-11,15H,12-13H2,1-5H3,(H,34,37)(H,35,36);6-11,15H,12-13H2,1-5H3,(H,34,36)(H,35,37);2-7H,1H3;7H,5-6,8H2,1-4H3. The van der Waals surface area contributed by atoms with Crippen molar-refractivity contribution in [3.05, 3.63) is 191 Å². The highest BCUT2D eigenvalue weighted by atomic mass is 35.5. The Morgan fingerprint density at radius 2 is 0.726 bits per heavy atom. The molecular formula is C75H84Cl3F21N6O6S3Si3. The summed E-state index contributed by atoms with van der Waals surface area (Å²) >= 11 is 23.7. The van der Waals surface area contributed by atoms with Crippen molar-refractivity contribution in [2.75, 3.05) is 48.9 Å². The summed E-state index contributed by atoms with van der Waals surface area (Å²) in [5.41, 5.74) is -18.7. The van der Waals surface area contributed by atoms with Crippen LogP contribution in [0.25, 0.3) is 0 Å². The molecule has 1 heterocycles. The predicted octanol–water partition coefficient (Wildman–Crippen LogP) is 23.5. The molecule has 6 aromatic carbocycles. The predicted molar refractivity (Wildman–Crippen MR) is 429 cm³/mol. The first-order valence-corrected chi connectivity index (χ1v) is 50.5. The number of hydrogen-bond donors (Lipinski definition) is 5. The van der Waals surface area contributed by atoms with Crippen LogP contribution in [0, 0.1) is 20.8 Å². The normalized spacial score (nSPS) is 14.2. The van der Waals surface area contributed by atoms with E-state index in [1.165, 1.54) is 60.0 Å². The van der Waals surface area contributed by atoms with Gasteiger partial charge >= 0.3 is 54.1 Å². The smallest absolute Gasteiger partial charge is 0.349 e. The Morgan fingerprint density at radius 1 is 0.410 bits per heavy atom. The number of halogens is 24. The Bertz CT molecular complexity index is 4510. The molecule has 648 valence electrons. The lowest BCUT2D eigenvalue weighted by Crippen LogP contribution is -2.50. The molecule has 1 aliphatic heterocycles. The van der Waals surface area contributed by atoms with E-state index in [1.54, 1.807) is 37.4 Å². The van der Waals surface area contributed by atoms with Crippen LogP contribution < -0.4 is 31.9 Å². The molecule has 6 amide bonds. The molecule has 0 radical (unpaired) electrons. The lowest BCUT2D eigenvalue weighted by Gasteiger charge is -2.31. The third kappa shape index (κ3) is 26.2. The number of fused-ring (bicyclic) bond motifs is 1. The Hall–Kier alpha value is -6.60. The summed E-state index contributed by atoms with van der Waals surface area (Å²) < 4.78 is 278. The average molecular weight is 1850 g/mol. The molecule has 0 saturated carbocycles. The number of rotatable bonds is 24. The van der Waals surface area contributed by atoms with Gasteiger partial charge in [-0.1, -0.05) is 148 Å². The molecule has 42 heteroatoms. The number of nitrogens with one attached hydrogen (secondary N) is 4. The van der Waals surface area contributed by atoms with Crippen molar-refractivity contribution in [2.45, 2.75) is 173 Å². The molecule has 0 bridgehead atoms. The Balaban J connectivity index is 0.000000351. The monoisotopic (exact) mass is 1850 g/mol. The van der Waals surface area contributed by atoms with E-state index in [0.29, 0.717) is 58.8 Å². The molecule has 0 spiro atoms. The number of amides is 6. The summed E-state index contributed by atoms with van der Waals surface area (Å²) in [5, 5.41) is 13.4. The van der Waals surface area contributed by atoms with Crippen molar-refractivity contribution in [1.82, 2.24) is 10.6 Å².